The number of carbonyl (C=O) groups is 2. The summed E-state index contributed by atoms with van der Waals surface area (Å²) in [5.41, 5.74) is 0. The number of hydrogen-bond donors (Lipinski definition) is 2. The maximum Gasteiger partial charge on any atom is 0.304 e. The van der Waals surface area contributed by atoms with Gasteiger partial charge in [0.25, 0.3) is 0 Å². The van der Waals surface area contributed by atoms with Gasteiger partial charge in [0.15, 0.2) is 0 Å². The first-order valence-electron chi connectivity index (χ1n) is 7.40. The molecule has 0 spiro atoms. The van der Waals surface area contributed by atoms with E-state index in [4.69, 9.17) is 9.52 Å². The van der Waals surface area contributed by atoms with Crippen LogP contribution in [0.2, 0.25) is 0 Å². The summed E-state index contributed by atoms with van der Waals surface area (Å²) in [6, 6.07) is 3.91. The lowest BCUT2D eigenvalue weighted by molar-refractivity contribution is -0.138. The van der Waals surface area contributed by atoms with Crippen LogP contribution in [0, 0.1) is 0 Å². The van der Waals surface area contributed by atoms with Gasteiger partial charge in [0, 0.05) is 12.6 Å². The Balaban J connectivity index is 1.81. The molecular formula is C15H22N2O4. The van der Waals surface area contributed by atoms with Crippen molar-refractivity contribution in [3.8, 4) is 0 Å². The van der Waals surface area contributed by atoms with Crippen LogP contribution >= 0.6 is 0 Å². The molecule has 116 valence electrons. The van der Waals surface area contributed by atoms with Gasteiger partial charge in [-0.25, -0.2) is 0 Å². The van der Waals surface area contributed by atoms with Crippen LogP contribution in [-0.4, -0.2) is 41.0 Å². The maximum atomic E-state index is 12.0. The highest BCUT2D eigenvalue weighted by atomic mass is 16.4. The average molecular weight is 294 g/mol. The Labute approximate surface area is 124 Å². The quantitative estimate of drug-likeness (QED) is 0.761. The summed E-state index contributed by atoms with van der Waals surface area (Å²) in [5, 5.41) is 11.6. The zero-order valence-electron chi connectivity index (χ0n) is 12.1. The number of furan rings is 1. The van der Waals surface area contributed by atoms with Gasteiger partial charge in [-0.15, -0.1) is 0 Å². The number of nitrogens with zero attached hydrogens (tertiary/aromatic N) is 1. The molecule has 1 fully saturated rings. The van der Waals surface area contributed by atoms with Crippen molar-refractivity contribution < 1.29 is 19.1 Å². The first-order chi connectivity index (χ1) is 10.1. The second-order valence-electron chi connectivity index (χ2n) is 5.41. The highest BCUT2D eigenvalue weighted by Gasteiger charge is 2.24. The zero-order chi connectivity index (χ0) is 15.1. The smallest absolute Gasteiger partial charge is 0.304 e. The predicted octanol–water partition coefficient (Wildman–Crippen LogP) is 1.62. The Hall–Kier alpha value is -1.82. The van der Waals surface area contributed by atoms with Crippen LogP contribution in [0.4, 0.5) is 0 Å². The number of amides is 1. The van der Waals surface area contributed by atoms with Crippen LogP contribution in [0.15, 0.2) is 22.8 Å². The van der Waals surface area contributed by atoms with Crippen LogP contribution in [0.1, 0.15) is 37.9 Å². The molecule has 0 atom stereocenters. The minimum atomic E-state index is -0.825. The van der Waals surface area contributed by atoms with E-state index >= 15 is 0 Å². The second-order valence-corrected chi connectivity index (χ2v) is 5.41. The number of aliphatic carboxylic acids is 1. The molecule has 1 heterocycles. The molecule has 1 amide bonds. The molecule has 0 aliphatic heterocycles. The van der Waals surface area contributed by atoms with Crippen molar-refractivity contribution in [1.29, 1.82) is 0 Å². The van der Waals surface area contributed by atoms with E-state index in [1.54, 1.807) is 18.4 Å². The monoisotopic (exact) mass is 294 g/mol. The topological polar surface area (TPSA) is 82.8 Å². The van der Waals surface area contributed by atoms with E-state index in [0.717, 1.165) is 25.7 Å². The van der Waals surface area contributed by atoms with E-state index < -0.39 is 5.97 Å². The Morgan fingerprint density at radius 2 is 2.14 bits per heavy atom. The van der Waals surface area contributed by atoms with Gasteiger partial charge in [-0.1, -0.05) is 12.8 Å². The van der Waals surface area contributed by atoms with Crippen molar-refractivity contribution in [1.82, 2.24) is 10.2 Å². The van der Waals surface area contributed by atoms with Crippen LogP contribution < -0.4 is 5.32 Å². The Morgan fingerprint density at radius 3 is 2.76 bits per heavy atom. The number of carboxylic acid groups (broad SMARTS) is 1. The number of rotatable bonds is 8. The van der Waals surface area contributed by atoms with Crippen molar-refractivity contribution in [3.63, 3.8) is 0 Å². The molecule has 1 saturated carbocycles. The molecule has 1 aromatic heterocycles. The summed E-state index contributed by atoms with van der Waals surface area (Å²) in [6.07, 6.45) is 6.04. The molecule has 2 N–H and O–H groups in total. The zero-order valence-corrected chi connectivity index (χ0v) is 12.1. The summed E-state index contributed by atoms with van der Waals surface area (Å²) in [7, 11) is 0. The lowest BCUT2D eigenvalue weighted by Crippen LogP contribution is -2.42. The molecular weight excluding hydrogens is 272 g/mol. The molecule has 21 heavy (non-hydrogen) atoms. The normalized spacial score (nSPS) is 15.5. The van der Waals surface area contributed by atoms with Gasteiger partial charge >= 0.3 is 5.97 Å². The van der Waals surface area contributed by atoms with Crippen molar-refractivity contribution >= 4 is 11.9 Å². The Bertz CT molecular complexity index is 452. The molecule has 0 radical (unpaired) electrons. The Morgan fingerprint density at radius 1 is 1.38 bits per heavy atom. The third kappa shape index (κ3) is 5.23. The van der Waals surface area contributed by atoms with Crippen molar-refractivity contribution in [2.45, 2.75) is 44.7 Å². The lowest BCUT2D eigenvalue weighted by atomic mass is 10.2. The van der Waals surface area contributed by atoms with E-state index in [9.17, 15) is 9.59 Å². The average Bonchev–Trinajstić information content (AvgIpc) is 3.13. The van der Waals surface area contributed by atoms with Crippen LogP contribution in [0.25, 0.3) is 0 Å². The van der Waals surface area contributed by atoms with Gasteiger partial charge in [0.2, 0.25) is 5.91 Å². The molecule has 0 unspecified atom stereocenters. The molecule has 6 nitrogen and oxygen atoms in total. The minimum Gasteiger partial charge on any atom is -0.481 e. The first kappa shape index (κ1) is 15.6. The third-order valence-electron chi connectivity index (χ3n) is 3.84. The number of nitrogens with one attached hydrogen (secondary N) is 1. The summed E-state index contributed by atoms with van der Waals surface area (Å²) in [6.45, 7) is 1.04. The largest absolute Gasteiger partial charge is 0.481 e. The standard InChI is InChI=1S/C15H22N2O4/c18-14(16-10-13-6-3-9-21-13)11-17(8-7-15(19)20)12-4-1-2-5-12/h3,6,9,12H,1-2,4-5,7-8,10-11H2,(H,16,18)(H,19,20). The predicted molar refractivity (Wildman–Crippen MR) is 76.6 cm³/mol. The summed E-state index contributed by atoms with van der Waals surface area (Å²) >= 11 is 0. The molecule has 0 bridgehead atoms. The fraction of sp³-hybridized carbons (Fsp3) is 0.600. The second kappa shape index (κ2) is 7.83. The van der Waals surface area contributed by atoms with Gasteiger partial charge in [0.05, 0.1) is 25.8 Å². The molecule has 6 heteroatoms. The van der Waals surface area contributed by atoms with E-state index in [-0.39, 0.29) is 18.9 Å². The summed E-state index contributed by atoms with van der Waals surface area (Å²) in [5.74, 6) is -0.209. The summed E-state index contributed by atoms with van der Waals surface area (Å²) in [4.78, 5) is 24.8. The van der Waals surface area contributed by atoms with Crippen LogP contribution in [0.5, 0.6) is 0 Å². The molecule has 0 aromatic carbocycles. The SMILES string of the molecule is O=C(O)CCN(CC(=O)NCc1ccco1)C1CCCC1. The number of hydrogen-bond acceptors (Lipinski definition) is 4. The Kier molecular flexibility index (Phi) is 5.80. The van der Waals surface area contributed by atoms with E-state index in [2.05, 4.69) is 5.32 Å². The van der Waals surface area contributed by atoms with E-state index in [1.165, 1.54) is 0 Å². The number of carboxylic acids is 1. The molecule has 0 saturated heterocycles. The highest BCUT2D eigenvalue weighted by Crippen LogP contribution is 2.23. The summed E-state index contributed by atoms with van der Waals surface area (Å²) < 4.78 is 5.16. The molecule has 1 aliphatic rings. The highest BCUT2D eigenvalue weighted by molar-refractivity contribution is 5.78. The van der Waals surface area contributed by atoms with Gasteiger partial charge in [-0.05, 0) is 25.0 Å². The third-order valence-corrected chi connectivity index (χ3v) is 3.84. The van der Waals surface area contributed by atoms with Crippen molar-refractivity contribution in [3.05, 3.63) is 24.2 Å². The number of carbonyl (C=O) groups excluding carboxylic acids is 1. The fourth-order valence-electron chi connectivity index (χ4n) is 2.74. The van der Waals surface area contributed by atoms with E-state index in [0.29, 0.717) is 24.9 Å². The fourth-order valence-corrected chi connectivity index (χ4v) is 2.74. The molecule has 2 rings (SSSR count). The first-order valence-corrected chi connectivity index (χ1v) is 7.40. The molecule has 1 aliphatic carbocycles. The lowest BCUT2D eigenvalue weighted by Gasteiger charge is -2.27. The van der Waals surface area contributed by atoms with Crippen LogP contribution in [-0.2, 0) is 16.1 Å². The van der Waals surface area contributed by atoms with Crippen LogP contribution in [0.3, 0.4) is 0 Å². The van der Waals surface area contributed by atoms with Crippen molar-refractivity contribution in [2.24, 2.45) is 0 Å². The maximum absolute atomic E-state index is 12.0. The van der Waals surface area contributed by atoms with Gasteiger partial charge < -0.3 is 14.8 Å². The van der Waals surface area contributed by atoms with E-state index in [1.807, 2.05) is 4.90 Å². The van der Waals surface area contributed by atoms with Crippen molar-refractivity contribution in [2.75, 3.05) is 13.1 Å². The van der Waals surface area contributed by atoms with Gasteiger partial charge in [-0.2, -0.15) is 0 Å². The minimum absolute atomic E-state index is 0.0714. The molecule has 1 aromatic rings. The van der Waals surface area contributed by atoms with Gasteiger partial charge in [0.1, 0.15) is 5.76 Å². The van der Waals surface area contributed by atoms with Gasteiger partial charge in [-0.3, -0.25) is 14.5 Å².